The molecule has 2 rings (SSSR count). The summed E-state index contributed by atoms with van der Waals surface area (Å²) in [6, 6.07) is 3.58. The lowest BCUT2D eigenvalue weighted by Gasteiger charge is -2.17. The van der Waals surface area contributed by atoms with Gasteiger partial charge in [-0.05, 0) is 36.0 Å². The summed E-state index contributed by atoms with van der Waals surface area (Å²) in [5, 5.41) is 12.3. The van der Waals surface area contributed by atoms with E-state index in [9.17, 15) is 14.7 Å². The summed E-state index contributed by atoms with van der Waals surface area (Å²) >= 11 is 6.03. The molecule has 1 saturated carbocycles. The number of rotatable bonds is 6. The van der Waals surface area contributed by atoms with Gasteiger partial charge in [0.05, 0.1) is 12.1 Å². The lowest BCUT2D eigenvalue weighted by molar-refractivity contribution is -0.142. The Kier molecular flexibility index (Phi) is 4.66. The first-order valence-electron chi connectivity index (χ1n) is 7.19. The van der Waals surface area contributed by atoms with Crippen LogP contribution in [0.4, 0.5) is 0 Å². The monoisotopic (exact) mass is 325 g/mol. The van der Waals surface area contributed by atoms with Crippen molar-refractivity contribution in [2.45, 2.75) is 32.7 Å². The minimum Gasteiger partial charge on any atom is -0.495 e. The van der Waals surface area contributed by atoms with Crippen molar-refractivity contribution in [2.75, 3.05) is 7.11 Å². The second-order valence-corrected chi connectivity index (χ2v) is 6.35. The molecule has 3 unspecified atom stereocenters. The number of carbonyl (C=O) groups excluding carboxylic acids is 1. The van der Waals surface area contributed by atoms with Gasteiger partial charge < -0.3 is 15.2 Å². The molecule has 1 fully saturated rings. The van der Waals surface area contributed by atoms with Crippen LogP contribution in [0.3, 0.4) is 0 Å². The Labute approximate surface area is 134 Å². The molecule has 0 aliphatic heterocycles. The summed E-state index contributed by atoms with van der Waals surface area (Å²) in [5.41, 5.74) is 0.413. The smallest absolute Gasteiger partial charge is 0.330 e. The van der Waals surface area contributed by atoms with Crippen LogP contribution in [-0.4, -0.2) is 24.1 Å². The molecule has 5 nitrogen and oxygen atoms in total. The van der Waals surface area contributed by atoms with Gasteiger partial charge in [-0.2, -0.15) is 0 Å². The molecular weight excluding hydrogens is 306 g/mol. The zero-order valence-electron chi connectivity index (χ0n) is 12.9. The third-order valence-corrected chi connectivity index (χ3v) is 4.81. The highest BCUT2D eigenvalue weighted by atomic mass is 35.5. The third-order valence-electron chi connectivity index (χ3n) is 4.52. The van der Waals surface area contributed by atoms with E-state index in [0.717, 1.165) is 12.8 Å². The second-order valence-electron chi connectivity index (χ2n) is 5.94. The van der Waals surface area contributed by atoms with Crippen molar-refractivity contribution in [1.82, 2.24) is 5.32 Å². The lowest BCUT2D eigenvalue weighted by Crippen LogP contribution is -2.35. The molecule has 0 spiro atoms. The molecule has 1 aromatic rings. The van der Waals surface area contributed by atoms with Crippen LogP contribution >= 0.6 is 11.6 Å². The van der Waals surface area contributed by atoms with Gasteiger partial charge in [-0.25, -0.2) is 4.79 Å². The van der Waals surface area contributed by atoms with E-state index in [1.807, 2.05) is 13.8 Å². The summed E-state index contributed by atoms with van der Waals surface area (Å²) in [4.78, 5) is 23.7. The zero-order chi connectivity index (χ0) is 16.5. The normalized spacial score (nSPS) is 24.5. The lowest BCUT2D eigenvalue weighted by atomic mass is 10.0. The Bertz CT molecular complexity index is 604. The van der Waals surface area contributed by atoms with Gasteiger partial charge in [-0.1, -0.05) is 31.5 Å². The number of amides is 1. The van der Waals surface area contributed by atoms with E-state index in [0.29, 0.717) is 16.3 Å². The minimum atomic E-state index is -1.12. The number of methoxy groups -OCH3 is 1. The van der Waals surface area contributed by atoms with Gasteiger partial charge in [-0.3, -0.25) is 4.79 Å². The van der Waals surface area contributed by atoms with E-state index in [4.69, 9.17) is 16.3 Å². The van der Waals surface area contributed by atoms with Crippen LogP contribution in [0.1, 0.15) is 38.3 Å². The van der Waals surface area contributed by atoms with Crippen molar-refractivity contribution in [3.8, 4) is 5.75 Å². The molecule has 0 saturated heterocycles. The number of aliphatic carboxylic acids is 1. The van der Waals surface area contributed by atoms with Gasteiger partial charge in [0.25, 0.3) is 0 Å². The van der Waals surface area contributed by atoms with E-state index >= 15 is 0 Å². The quantitative estimate of drug-likeness (QED) is 0.843. The number of hydrogen-bond donors (Lipinski definition) is 2. The largest absolute Gasteiger partial charge is 0.495 e. The molecule has 6 heteroatoms. The van der Waals surface area contributed by atoms with Crippen molar-refractivity contribution < 1.29 is 19.4 Å². The average molecular weight is 326 g/mol. The van der Waals surface area contributed by atoms with Crippen molar-refractivity contribution in [1.29, 1.82) is 0 Å². The molecule has 22 heavy (non-hydrogen) atoms. The molecule has 1 aromatic carbocycles. The van der Waals surface area contributed by atoms with E-state index in [2.05, 4.69) is 5.32 Å². The fourth-order valence-corrected chi connectivity index (χ4v) is 2.87. The maximum Gasteiger partial charge on any atom is 0.330 e. The van der Waals surface area contributed by atoms with Crippen LogP contribution in [0.25, 0.3) is 0 Å². The van der Waals surface area contributed by atoms with Gasteiger partial charge >= 0.3 is 5.97 Å². The van der Waals surface area contributed by atoms with Crippen LogP contribution in [0.15, 0.2) is 18.2 Å². The van der Waals surface area contributed by atoms with E-state index in [1.165, 1.54) is 13.2 Å². The number of nitrogens with one attached hydrogen (secondary N) is 1. The van der Waals surface area contributed by atoms with Gasteiger partial charge in [0, 0.05) is 5.92 Å². The number of carboxylic acids is 1. The predicted molar refractivity (Wildman–Crippen MR) is 83.0 cm³/mol. The number of benzene rings is 1. The molecule has 2 N–H and O–H groups in total. The van der Waals surface area contributed by atoms with Crippen molar-refractivity contribution in [3.05, 3.63) is 28.8 Å². The highest BCUT2D eigenvalue weighted by molar-refractivity contribution is 6.32. The van der Waals surface area contributed by atoms with Gasteiger partial charge in [0.1, 0.15) is 5.75 Å². The Balaban J connectivity index is 2.16. The molecule has 0 heterocycles. The van der Waals surface area contributed by atoms with Crippen LogP contribution in [0.2, 0.25) is 5.02 Å². The summed E-state index contributed by atoms with van der Waals surface area (Å²) < 4.78 is 5.04. The predicted octanol–water partition coefficient (Wildman–Crippen LogP) is 3.03. The Morgan fingerprint density at radius 2 is 2.23 bits per heavy atom. The number of carbonyl (C=O) groups is 2. The van der Waals surface area contributed by atoms with Crippen LogP contribution in [-0.2, 0) is 9.59 Å². The maximum atomic E-state index is 12.2. The standard InChI is InChI=1S/C16H20ClNO4/c1-4-16(2)8-10(16)14(19)18-13(15(20)21)9-5-6-12(22-3)11(17)7-9/h5-7,10,13H,4,8H2,1-3H3,(H,18,19)(H,20,21). The number of ether oxygens (including phenoxy) is 1. The molecular formula is C16H20ClNO4. The molecule has 0 radical (unpaired) electrons. The molecule has 0 aromatic heterocycles. The fourth-order valence-electron chi connectivity index (χ4n) is 2.60. The first-order valence-corrected chi connectivity index (χ1v) is 7.57. The molecule has 1 aliphatic carbocycles. The summed E-state index contributed by atoms with van der Waals surface area (Å²) in [6.07, 6.45) is 1.70. The van der Waals surface area contributed by atoms with Crippen molar-refractivity contribution in [3.63, 3.8) is 0 Å². The number of hydrogen-bond acceptors (Lipinski definition) is 3. The first-order chi connectivity index (χ1) is 10.3. The fraction of sp³-hybridized carbons (Fsp3) is 0.500. The van der Waals surface area contributed by atoms with Crippen molar-refractivity contribution in [2.24, 2.45) is 11.3 Å². The Hall–Kier alpha value is -1.75. The summed E-state index contributed by atoms with van der Waals surface area (Å²) in [7, 11) is 1.48. The molecule has 1 amide bonds. The maximum absolute atomic E-state index is 12.2. The molecule has 3 atom stereocenters. The second kappa shape index (κ2) is 6.16. The topological polar surface area (TPSA) is 75.6 Å². The van der Waals surface area contributed by atoms with E-state index in [-0.39, 0.29) is 17.2 Å². The molecule has 120 valence electrons. The van der Waals surface area contributed by atoms with Crippen molar-refractivity contribution >= 4 is 23.5 Å². The van der Waals surface area contributed by atoms with Crippen LogP contribution < -0.4 is 10.1 Å². The average Bonchev–Trinajstić information content (AvgIpc) is 3.17. The Morgan fingerprint density at radius 3 is 2.68 bits per heavy atom. The molecule has 1 aliphatic rings. The third kappa shape index (κ3) is 3.19. The van der Waals surface area contributed by atoms with E-state index in [1.54, 1.807) is 12.1 Å². The van der Waals surface area contributed by atoms with Crippen LogP contribution in [0, 0.1) is 11.3 Å². The minimum absolute atomic E-state index is 0.00924. The van der Waals surface area contributed by atoms with E-state index < -0.39 is 12.0 Å². The van der Waals surface area contributed by atoms with Gasteiger partial charge in [0.15, 0.2) is 6.04 Å². The van der Waals surface area contributed by atoms with Crippen LogP contribution in [0.5, 0.6) is 5.75 Å². The first kappa shape index (κ1) is 16.6. The van der Waals surface area contributed by atoms with Gasteiger partial charge in [0.2, 0.25) is 5.91 Å². The zero-order valence-corrected chi connectivity index (χ0v) is 13.6. The summed E-state index contributed by atoms with van der Waals surface area (Å²) in [6.45, 7) is 4.07. The highest BCUT2D eigenvalue weighted by Crippen LogP contribution is 2.54. The number of carboxylic acid groups (broad SMARTS) is 1. The number of halogens is 1. The highest BCUT2D eigenvalue weighted by Gasteiger charge is 2.53. The van der Waals surface area contributed by atoms with Gasteiger partial charge in [-0.15, -0.1) is 0 Å². The summed E-state index contributed by atoms with van der Waals surface area (Å²) in [5.74, 6) is -0.994. The molecule has 0 bridgehead atoms. The SMILES string of the molecule is CCC1(C)CC1C(=O)NC(C(=O)O)c1ccc(OC)c(Cl)c1. The Morgan fingerprint density at radius 1 is 1.55 bits per heavy atom.